The number of hydrogen-bond acceptors (Lipinski definition) is 1. The maximum atomic E-state index is 5.96. The number of benzene rings is 1. The van der Waals surface area contributed by atoms with E-state index in [4.69, 9.17) is 23.2 Å². The maximum absolute atomic E-state index is 5.96. The zero-order valence-corrected chi connectivity index (χ0v) is 9.15. The van der Waals surface area contributed by atoms with E-state index in [0.29, 0.717) is 10.2 Å². The summed E-state index contributed by atoms with van der Waals surface area (Å²) in [6, 6.07) is 5.67. The van der Waals surface area contributed by atoms with E-state index in [-0.39, 0.29) is 0 Å². The SMILES string of the molecule is CCC(Cl)=Nc1c(C)cccc1Cl. The third kappa shape index (κ3) is 2.71. The van der Waals surface area contributed by atoms with Gasteiger partial charge in [-0.2, -0.15) is 0 Å². The molecule has 1 rings (SSSR count). The minimum absolute atomic E-state index is 0.580. The summed E-state index contributed by atoms with van der Waals surface area (Å²) >= 11 is 11.8. The summed E-state index contributed by atoms with van der Waals surface area (Å²) < 4.78 is 0. The Hall–Kier alpha value is -0.530. The molecule has 13 heavy (non-hydrogen) atoms. The van der Waals surface area contributed by atoms with Gasteiger partial charge in [0.2, 0.25) is 0 Å². The summed E-state index contributed by atoms with van der Waals surface area (Å²) in [5, 5.41) is 1.22. The number of nitrogens with zero attached hydrogens (tertiary/aromatic N) is 1. The Labute approximate surface area is 88.4 Å². The van der Waals surface area contributed by atoms with Crippen molar-refractivity contribution in [1.82, 2.24) is 0 Å². The normalized spacial score (nSPS) is 11.8. The number of aliphatic imine (C=N–C) groups is 1. The highest BCUT2D eigenvalue weighted by atomic mass is 35.5. The molecule has 0 N–H and O–H groups in total. The molecular formula is C10H11Cl2N. The van der Waals surface area contributed by atoms with E-state index in [1.54, 1.807) is 0 Å². The molecule has 0 unspecified atom stereocenters. The predicted molar refractivity (Wildman–Crippen MR) is 59.4 cm³/mol. The van der Waals surface area contributed by atoms with Gasteiger partial charge in [-0.15, -0.1) is 0 Å². The highest BCUT2D eigenvalue weighted by Gasteiger charge is 2.02. The molecule has 3 heteroatoms. The average Bonchev–Trinajstić information content (AvgIpc) is 2.11. The molecule has 0 aliphatic heterocycles. The lowest BCUT2D eigenvalue weighted by Gasteiger charge is -2.02. The van der Waals surface area contributed by atoms with Gasteiger partial charge in [0, 0.05) is 0 Å². The van der Waals surface area contributed by atoms with Crippen molar-refractivity contribution in [2.24, 2.45) is 4.99 Å². The quantitative estimate of drug-likeness (QED) is 0.652. The Morgan fingerprint density at radius 1 is 1.46 bits per heavy atom. The van der Waals surface area contributed by atoms with Crippen molar-refractivity contribution < 1.29 is 0 Å². The lowest BCUT2D eigenvalue weighted by atomic mass is 10.2. The molecule has 0 aromatic heterocycles. The maximum Gasteiger partial charge on any atom is 0.106 e. The van der Waals surface area contributed by atoms with E-state index < -0.39 is 0 Å². The van der Waals surface area contributed by atoms with Crippen LogP contribution in [-0.2, 0) is 0 Å². The van der Waals surface area contributed by atoms with Crippen LogP contribution in [0.15, 0.2) is 23.2 Å². The number of para-hydroxylation sites is 1. The van der Waals surface area contributed by atoms with Crippen LogP contribution in [0.2, 0.25) is 5.02 Å². The molecule has 0 radical (unpaired) electrons. The van der Waals surface area contributed by atoms with E-state index >= 15 is 0 Å². The Bertz CT molecular complexity index is 311. The van der Waals surface area contributed by atoms with E-state index in [2.05, 4.69) is 4.99 Å². The van der Waals surface area contributed by atoms with E-state index in [1.165, 1.54) is 0 Å². The van der Waals surface area contributed by atoms with Crippen LogP contribution in [0.25, 0.3) is 0 Å². The van der Waals surface area contributed by atoms with Gasteiger partial charge in [-0.3, -0.25) is 0 Å². The second-order valence-corrected chi connectivity index (χ2v) is 3.59. The molecule has 70 valence electrons. The number of halogens is 2. The summed E-state index contributed by atoms with van der Waals surface area (Å²) in [6.45, 7) is 3.92. The van der Waals surface area contributed by atoms with Gasteiger partial charge in [-0.25, -0.2) is 4.99 Å². The lowest BCUT2D eigenvalue weighted by molar-refractivity contribution is 1.29. The van der Waals surface area contributed by atoms with Crippen molar-refractivity contribution >= 4 is 34.1 Å². The molecule has 0 heterocycles. The zero-order chi connectivity index (χ0) is 9.84. The van der Waals surface area contributed by atoms with Crippen LogP contribution in [0.3, 0.4) is 0 Å². The van der Waals surface area contributed by atoms with E-state index in [9.17, 15) is 0 Å². The van der Waals surface area contributed by atoms with Crippen LogP contribution < -0.4 is 0 Å². The second-order valence-electron chi connectivity index (χ2n) is 2.75. The molecule has 0 saturated carbocycles. The van der Waals surface area contributed by atoms with Crippen LogP contribution >= 0.6 is 23.2 Å². The molecule has 0 saturated heterocycles. The standard InChI is InChI=1S/C10H11Cl2N/c1-3-9(12)13-10-7(2)5-4-6-8(10)11/h4-6H,3H2,1-2H3. The first kappa shape index (κ1) is 10.6. The van der Waals surface area contributed by atoms with Gasteiger partial charge >= 0.3 is 0 Å². The summed E-state index contributed by atoms with van der Waals surface area (Å²) in [5.41, 5.74) is 1.81. The topological polar surface area (TPSA) is 12.4 Å². The van der Waals surface area contributed by atoms with Gasteiger partial charge in [-0.05, 0) is 25.0 Å². The van der Waals surface area contributed by atoms with Crippen LogP contribution in [0.1, 0.15) is 18.9 Å². The summed E-state index contributed by atoms with van der Waals surface area (Å²) in [4.78, 5) is 4.23. The average molecular weight is 216 g/mol. The molecule has 0 spiro atoms. The molecule has 0 atom stereocenters. The summed E-state index contributed by atoms with van der Waals surface area (Å²) in [5.74, 6) is 0. The van der Waals surface area contributed by atoms with Crippen LogP contribution in [-0.4, -0.2) is 5.17 Å². The molecule has 1 aromatic rings. The van der Waals surface area contributed by atoms with Gasteiger partial charge in [0.05, 0.1) is 10.7 Å². The Morgan fingerprint density at radius 2 is 2.15 bits per heavy atom. The van der Waals surface area contributed by atoms with Gasteiger partial charge in [0.25, 0.3) is 0 Å². The minimum Gasteiger partial charge on any atom is -0.239 e. The summed E-state index contributed by atoms with van der Waals surface area (Å²) in [7, 11) is 0. The second kappa shape index (κ2) is 4.64. The molecule has 0 bridgehead atoms. The first-order chi connectivity index (χ1) is 6.15. The highest BCUT2D eigenvalue weighted by Crippen LogP contribution is 2.28. The Morgan fingerprint density at radius 3 is 2.69 bits per heavy atom. The highest BCUT2D eigenvalue weighted by molar-refractivity contribution is 6.65. The smallest absolute Gasteiger partial charge is 0.106 e. The fourth-order valence-electron chi connectivity index (χ4n) is 0.965. The molecule has 0 fully saturated rings. The Kier molecular flexibility index (Phi) is 3.76. The van der Waals surface area contributed by atoms with Crippen LogP contribution in [0.4, 0.5) is 5.69 Å². The van der Waals surface area contributed by atoms with E-state index in [1.807, 2.05) is 32.0 Å². The third-order valence-electron chi connectivity index (χ3n) is 1.71. The van der Waals surface area contributed by atoms with Gasteiger partial charge in [-0.1, -0.05) is 42.3 Å². The lowest BCUT2D eigenvalue weighted by Crippen LogP contribution is -1.83. The van der Waals surface area contributed by atoms with Crippen molar-refractivity contribution in [1.29, 1.82) is 0 Å². The van der Waals surface area contributed by atoms with Crippen molar-refractivity contribution in [3.05, 3.63) is 28.8 Å². The molecule has 1 nitrogen and oxygen atoms in total. The first-order valence-corrected chi connectivity index (χ1v) is 4.89. The molecular weight excluding hydrogens is 205 g/mol. The van der Waals surface area contributed by atoms with E-state index in [0.717, 1.165) is 17.7 Å². The molecule has 1 aromatic carbocycles. The van der Waals surface area contributed by atoms with Crippen molar-refractivity contribution in [2.45, 2.75) is 20.3 Å². The largest absolute Gasteiger partial charge is 0.239 e. The predicted octanol–water partition coefficient (Wildman–Crippen LogP) is 4.33. The molecule has 0 amide bonds. The Balaban J connectivity index is 3.14. The monoisotopic (exact) mass is 215 g/mol. The fourth-order valence-corrected chi connectivity index (χ4v) is 1.31. The van der Waals surface area contributed by atoms with Crippen molar-refractivity contribution in [2.75, 3.05) is 0 Å². The molecule has 0 aliphatic carbocycles. The van der Waals surface area contributed by atoms with Gasteiger partial charge in [0.15, 0.2) is 0 Å². The number of hydrogen-bond donors (Lipinski definition) is 0. The first-order valence-electron chi connectivity index (χ1n) is 4.13. The number of rotatable bonds is 2. The molecule has 0 aliphatic rings. The zero-order valence-electron chi connectivity index (χ0n) is 7.64. The van der Waals surface area contributed by atoms with Gasteiger partial charge in [0.1, 0.15) is 5.17 Å². The minimum atomic E-state index is 0.580. The number of aryl methyl sites for hydroxylation is 1. The van der Waals surface area contributed by atoms with Crippen LogP contribution in [0.5, 0.6) is 0 Å². The van der Waals surface area contributed by atoms with Crippen LogP contribution in [0, 0.1) is 6.92 Å². The third-order valence-corrected chi connectivity index (χ3v) is 2.37. The fraction of sp³-hybridized carbons (Fsp3) is 0.300. The summed E-state index contributed by atoms with van der Waals surface area (Å²) in [6.07, 6.45) is 0.728. The van der Waals surface area contributed by atoms with Crippen molar-refractivity contribution in [3.63, 3.8) is 0 Å². The van der Waals surface area contributed by atoms with Crippen molar-refractivity contribution in [3.8, 4) is 0 Å². The van der Waals surface area contributed by atoms with Gasteiger partial charge < -0.3 is 0 Å².